The topological polar surface area (TPSA) is 105 Å². The van der Waals surface area contributed by atoms with Gasteiger partial charge in [-0.3, -0.25) is 9.78 Å². The number of nitrogens with zero attached hydrogens (tertiary/aromatic N) is 3. The van der Waals surface area contributed by atoms with Gasteiger partial charge in [0.2, 0.25) is 0 Å². The standard InChI is InChI=1S/C19H23N4O2S.K.H2O/c1-12-6-5-9-23(12)18(25)16-17(26-15(11-24)21-16)13-7-8-14(20-10-13)22-19(2,3)4;;/h7-8,10,12H,5-6,9H2,1-4H3,(H,20,22);;1H2/q-1;+1;/p-1/t12-;;/m0../s1. The smallest absolute Gasteiger partial charge is 0.870 e. The third-order valence-electron chi connectivity index (χ3n) is 4.26. The summed E-state index contributed by atoms with van der Waals surface area (Å²) in [4.78, 5) is 35.2. The van der Waals surface area contributed by atoms with E-state index in [0.717, 1.165) is 30.8 Å². The number of pyridine rings is 1. The Balaban J connectivity index is 0.00000196. The molecule has 1 aliphatic rings. The minimum Gasteiger partial charge on any atom is -0.870 e. The number of nitrogens with one attached hydrogen (secondary N) is 1. The molecule has 3 heterocycles. The van der Waals surface area contributed by atoms with E-state index in [9.17, 15) is 9.59 Å². The monoisotopic (exact) mass is 427 g/mol. The summed E-state index contributed by atoms with van der Waals surface area (Å²) < 4.78 is 0. The number of carbonyl (C=O) groups excluding carboxylic acids is 2. The first-order chi connectivity index (χ1) is 12.3. The summed E-state index contributed by atoms with van der Waals surface area (Å²) >= 11 is 1.18. The van der Waals surface area contributed by atoms with Crippen molar-refractivity contribution in [1.82, 2.24) is 14.9 Å². The van der Waals surface area contributed by atoms with Crippen molar-refractivity contribution in [3.63, 3.8) is 0 Å². The van der Waals surface area contributed by atoms with E-state index in [-0.39, 0.29) is 79.4 Å². The van der Waals surface area contributed by atoms with Crippen molar-refractivity contribution >= 4 is 29.3 Å². The van der Waals surface area contributed by atoms with Crippen LogP contribution in [0.4, 0.5) is 5.82 Å². The van der Waals surface area contributed by atoms with E-state index >= 15 is 0 Å². The van der Waals surface area contributed by atoms with Gasteiger partial charge in [-0.15, -0.1) is 11.3 Å². The van der Waals surface area contributed by atoms with E-state index in [1.165, 1.54) is 11.3 Å². The van der Waals surface area contributed by atoms with Crippen molar-refractivity contribution in [2.45, 2.75) is 52.1 Å². The summed E-state index contributed by atoms with van der Waals surface area (Å²) in [7, 11) is 0. The van der Waals surface area contributed by atoms with Gasteiger partial charge in [-0.25, -0.2) is 11.3 Å². The van der Waals surface area contributed by atoms with Crippen molar-refractivity contribution in [2.75, 3.05) is 11.9 Å². The van der Waals surface area contributed by atoms with Gasteiger partial charge in [0.25, 0.3) is 5.91 Å². The van der Waals surface area contributed by atoms with Crippen molar-refractivity contribution in [1.29, 1.82) is 0 Å². The number of carbonyl (C=O) groups is 1. The Morgan fingerprint density at radius 1 is 1.36 bits per heavy atom. The molecule has 1 saturated heterocycles. The van der Waals surface area contributed by atoms with Crippen molar-refractivity contribution < 1.29 is 66.4 Å². The molecule has 9 heteroatoms. The Bertz CT molecular complexity index is 818. The van der Waals surface area contributed by atoms with Crippen LogP contribution in [0.25, 0.3) is 10.4 Å². The van der Waals surface area contributed by atoms with Gasteiger partial charge < -0.3 is 20.5 Å². The number of thiazole rings is 1. The molecule has 1 amide bonds. The number of rotatable bonds is 4. The SMILES string of the molecule is C[C@H]1CCCN1C(=O)c1nc([C-]=O)sc1-c1ccc(NC(C)(C)C)nc1.[K+].[OH-]. The van der Waals surface area contributed by atoms with Crippen LogP contribution in [0.3, 0.4) is 0 Å². The minimum atomic E-state index is -0.125. The number of anilines is 1. The maximum atomic E-state index is 12.9. The molecule has 146 valence electrons. The second-order valence-electron chi connectivity index (χ2n) is 7.60. The molecule has 2 N–H and O–H groups in total. The molecule has 2 aromatic heterocycles. The van der Waals surface area contributed by atoms with Crippen LogP contribution in [0.5, 0.6) is 0 Å². The van der Waals surface area contributed by atoms with E-state index in [1.54, 1.807) is 6.20 Å². The maximum absolute atomic E-state index is 12.9. The van der Waals surface area contributed by atoms with Gasteiger partial charge >= 0.3 is 51.4 Å². The molecule has 1 atom stereocenters. The van der Waals surface area contributed by atoms with Gasteiger partial charge in [0.1, 0.15) is 11.5 Å². The zero-order valence-corrected chi connectivity index (χ0v) is 20.9. The number of aromatic nitrogens is 2. The largest absolute Gasteiger partial charge is 1.00 e. The molecule has 0 unspecified atom stereocenters. The number of likely N-dealkylation sites (tertiary alicyclic amines) is 1. The molecule has 1 fully saturated rings. The van der Waals surface area contributed by atoms with Gasteiger partial charge in [-0.05, 0) is 57.7 Å². The third kappa shape index (κ3) is 5.91. The maximum Gasteiger partial charge on any atom is 1.00 e. The summed E-state index contributed by atoms with van der Waals surface area (Å²) in [6, 6.07) is 3.96. The van der Waals surface area contributed by atoms with Crippen LogP contribution >= 0.6 is 11.3 Å². The summed E-state index contributed by atoms with van der Waals surface area (Å²) in [5.41, 5.74) is 1.00. The second kappa shape index (κ2) is 10.4. The summed E-state index contributed by atoms with van der Waals surface area (Å²) in [6.45, 7) is 8.95. The molecule has 1 aliphatic heterocycles. The van der Waals surface area contributed by atoms with Gasteiger partial charge in [-0.1, -0.05) is 0 Å². The van der Waals surface area contributed by atoms with Crippen LogP contribution in [0.2, 0.25) is 0 Å². The van der Waals surface area contributed by atoms with Crippen molar-refractivity contribution in [3.05, 3.63) is 29.0 Å². The predicted octanol–water partition coefficient (Wildman–Crippen LogP) is 0.325. The van der Waals surface area contributed by atoms with Crippen LogP contribution in [0.1, 0.15) is 56.0 Å². The molecule has 0 saturated carbocycles. The fraction of sp³-hybridized carbons (Fsp3) is 0.474. The van der Waals surface area contributed by atoms with Crippen LogP contribution in [-0.4, -0.2) is 50.7 Å². The first-order valence-corrected chi connectivity index (χ1v) is 9.55. The van der Waals surface area contributed by atoms with E-state index in [2.05, 4.69) is 36.1 Å². The van der Waals surface area contributed by atoms with Crippen molar-refractivity contribution in [3.8, 4) is 10.4 Å². The van der Waals surface area contributed by atoms with Gasteiger partial charge in [-0.2, -0.15) is 0 Å². The molecule has 0 spiro atoms. The molecular formula is C19H24KN4O3S-. The van der Waals surface area contributed by atoms with Crippen molar-refractivity contribution in [2.24, 2.45) is 0 Å². The number of amides is 1. The zero-order valence-electron chi connectivity index (χ0n) is 16.9. The van der Waals surface area contributed by atoms with Crippen LogP contribution < -0.4 is 56.7 Å². The average molecular weight is 428 g/mol. The van der Waals surface area contributed by atoms with Crippen LogP contribution in [0.15, 0.2) is 18.3 Å². The molecule has 7 nitrogen and oxygen atoms in total. The van der Waals surface area contributed by atoms with E-state index in [0.29, 0.717) is 10.6 Å². The van der Waals surface area contributed by atoms with Gasteiger partial charge in [0.15, 0.2) is 0 Å². The number of hydrogen-bond donors (Lipinski definition) is 1. The molecule has 3 rings (SSSR count). The fourth-order valence-electron chi connectivity index (χ4n) is 3.06. The third-order valence-corrected chi connectivity index (χ3v) is 5.26. The molecule has 0 aromatic carbocycles. The predicted molar refractivity (Wildman–Crippen MR) is 105 cm³/mol. The molecule has 2 aromatic rings. The molecular weight excluding hydrogens is 403 g/mol. The molecule has 0 radical (unpaired) electrons. The Morgan fingerprint density at radius 3 is 2.57 bits per heavy atom. The van der Waals surface area contributed by atoms with E-state index in [1.807, 2.05) is 30.2 Å². The Labute approximate surface area is 212 Å². The first-order valence-electron chi connectivity index (χ1n) is 8.73. The quantitative estimate of drug-likeness (QED) is 0.557. The molecule has 0 bridgehead atoms. The zero-order chi connectivity index (χ0) is 18.9. The summed E-state index contributed by atoms with van der Waals surface area (Å²) in [5.74, 6) is 0.633. The minimum absolute atomic E-state index is 0. The molecule has 28 heavy (non-hydrogen) atoms. The Kier molecular flexibility index (Phi) is 9.40. The normalized spacial score (nSPS) is 16.1. The number of hydrogen-bond acceptors (Lipinski definition) is 7. The second-order valence-corrected chi connectivity index (χ2v) is 8.59. The fourth-order valence-corrected chi connectivity index (χ4v) is 3.90. The summed E-state index contributed by atoms with van der Waals surface area (Å²) in [5, 5.41) is 3.49. The van der Waals surface area contributed by atoms with Crippen LogP contribution in [0, 0.1) is 0 Å². The average Bonchev–Trinajstić information content (AvgIpc) is 3.19. The van der Waals surface area contributed by atoms with E-state index in [4.69, 9.17) is 0 Å². The van der Waals surface area contributed by atoms with Crippen LogP contribution in [-0.2, 0) is 4.79 Å². The van der Waals surface area contributed by atoms with E-state index < -0.39 is 0 Å². The van der Waals surface area contributed by atoms with Gasteiger partial charge in [0, 0.05) is 29.9 Å². The van der Waals surface area contributed by atoms with Gasteiger partial charge in [0.05, 0.1) is 4.88 Å². The Hall–Kier alpha value is -0.684. The summed E-state index contributed by atoms with van der Waals surface area (Å²) in [6.07, 6.45) is 5.51. The first kappa shape index (κ1) is 25.4. The Morgan fingerprint density at radius 2 is 2.07 bits per heavy atom. The molecule has 0 aliphatic carbocycles.